The Morgan fingerprint density at radius 1 is 1.12 bits per heavy atom. The van der Waals surface area contributed by atoms with Gasteiger partial charge in [-0.15, -0.1) is 0 Å². The first-order chi connectivity index (χ1) is 12.1. The second-order valence-electron chi connectivity index (χ2n) is 6.80. The van der Waals surface area contributed by atoms with Crippen molar-refractivity contribution in [3.63, 3.8) is 0 Å². The molecular weight excluding hydrogens is 320 g/mol. The van der Waals surface area contributed by atoms with E-state index in [-0.39, 0.29) is 24.2 Å². The second-order valence-corrected chi connectivity index (χ2v) is 6.80. The fourth-order valence-corrected chi connectivity index (χ4v) is 3.70. The number of nitrogens with one attached hydrogen (secondary N) is 1. The maximum Gasteiger partial charge on any atom is 0.337 e. The topological polar surface area (TPSA) is 75.7 Å². The van der Waals surface area contributed by atoms with Crippen LogP contribution in [-0.2, 0) is 14.3 Å². The van der Waals surface area contributed by atoms with E-state index in [4.69, 9.17) is 0 Å². The smallest absolute Gasteiger partial charge is 0.337 e. The van der Waals surface area contributed by atoms with E-state index in [0.717, 1.165) is 25.7 Å². The number of likely N-dealkylation sites (tertiary alicyclic amines) is 1. The summed E-state index contributed by atoms with van der Waals surface area (Å²) < 4.78 is 4.65. The van der Waals surface area contributed by atoms with E-state index >= 15 is 0 Å². The monoisotopic (exact) mass is 344 g/mol. The van der Waals surface area contributed by atoms with E-state index in [9.17, 15) is 14.4 Å². The molecule has 134 valence electrons. The first-order valence-corrected chi connectivity index (χ1v) is 8.87. The summed E-state index contributed by atoms with van der Waals surface area (Å²) in [6.45, 7) is 0.510. The fourth-order valence-electron chi connectivity index (χ4n) is 3.70. The van der Waals surface area contributed by atoms with Crippen LogP contribution in [0.5, 0.6) is 0 Å². The van der Waals surface area contributed by atoms with Gasteiger partial charge in [0.05, 0.1) is 18.6 Å². The van der Waals surface area contributed by atoms with Gasteiger partial charge in [-0.3, -0.25) is 9.59 Å². The zero-order valence-corrected chi connectivity index (χ0v) is 14.5. The summed E-state index contributed by atoms with van der Waals surface area (Å²) in [6.07, 6.45) is 5.95. The molecule has 0 aromatic heterocycles. The van der Waals surface area contributed by atoms with Gasteiger partial charge in [0.1, 0.15) is 0 Å². The van der Waals surface area contributed by atoms with Crippen molar-refractivity contribution in [2.24, 2.45) is 5.92 Å². The van der Waals surface area contributed by atoms with Crippen LogP contribution < -0.4 is 5.32 Å². The van der Waals surface area contributed by atoms with Crippen LogP contribution in [0.25, 0.3) is 0 Å². The first kappa shape index (κ1) is 17.5. The van der Waals surface area contributed by atoms with Crippen molar-refractivity contribution >= 4 is 23.5 Å². The second kappa shape index (κ2) is 7.68. The normalized spacial score (nSPS) is 21.2. The summed E-state index contributed by atoms with van der Waals surface area (Å²) in [5, 5.41) is 2.84. The number of amides is 2. The minimum Gasteiger partial charge on any atom is -0.465 e. The van der Waals surface area contributed by atoms with Gasteiger partial charge in [-0.2, -0.15) is 0 Å². The Hall–Kier alpha value is -2.37. The van der Waals surface area contributed by atoms with E-state index < -0.39 is 5.97 Å². The van der Waals surface area contributed by atoms with Gasteiger partial charge in [0.2, 0.25) is 11.8 Å². The van der Waals surface area contributed by atoms with Crippen LogP contribution >= 0.6 is 0 Å². The Morgan fingerprint density at radius 2 is 1.80 bits per heavy atom. The van der Waals surface area contributed by atoms with Crippen LogP contribution in [0.15, 0.2) is 24.3 Å². The molecule has 0 unspecified atom stereocenters. The highest BCUT2D eigenvalue weighted by Gasteiger charge is 2.38. The molecule has 1 aliphatic heterocycles. The standard InChI is InChI=1S/C19H24N2O4/c1-25-19(24)13-7-9-15(10-8-13)20-18(23)14-11-17(22)21(12-14)16-5-3-2-4-6-16/h7-10,14,16H,2-6,11-12H2,1H3,(H,20,23)/t14-/m0/s1. The zero-order valence-electron chi connectivity index (χ0n) is 14.5. The molecule has 0 spiro atoms. The van der Waals surface area contributed by atoms with Crippen molar-refractivity contribution < 1.29 is 19.1 Å². The predicted molar refractivity (Wildman–Crippen MR) is 93.1 cm³/mol. The van der Waals surface area contributed by atoms with Gasteiger partial charge in [0.25, 0.3) is 0 Å². The Bertz CT molecular complexity index is 650. The average molecular weight is 344 g/mol. The summed E-state index contributed by atoms with van der Waals surface area (Å²) in [5.41, 5.74) is 1.04. The molecule has 25 heavy (non-hydrogen) atoms. The van der Waals surface area contributed by atoms with Gasteiger partial charge in [0, 0.05) is 24.7 Å². The number of ether oxygens (including phenoxy) is 1. The SMILES string of the molecule is COC(=O)c1ccc(NC(=O)[C@H]2CC(=O)N(C3CCCCC3)C2)cc1. The molecule has 1 heterocycles. The molecule has 1 aromatic carbocycles. The summed E-state index contributed by atoms with van der Waals surface area (Å²) in [7, 11) is 1.33. The van der Waals surface area contributed by atoms with Gasteiger partial charge in [0.15, 0.2) is 0 Å². The summed E-state index contributed by atoms with van der Waals surface area (Å²) >= 11 is 0. The average Bonchev–Trinajstić information content (AvgIpc) is 3.04. The highest BCUT2D eigenvalue weighted by molar-refractivity contribution is 5.97. The number of hydrogen-bond acceptors (Lipinski definition) is 4. The minimum atomic E-state index is -0.414. The highest BCUT2D eigenvalue weighted by Crippen LogP contribution is 2.29. The fraction of sp³-hybridized carbons (Fsp3) is 0.526. The molecule has 1 aliphatic carbocycles. The Labute approximate surface area is 147 Å². The summed E-state index contributed by atoms with van der Waals surface area (Å²) in [4.78, 5) is 38.1. The maximum atomic E-state index is 12.5. The number of benzene rings is 1. The molecule has 6 heteroatoms. The van der Waals surface area contributed by atoms with Crippen LogP contribution in [0, 0.1) is 5.92 Å². The molecule has 0 bridgehead atoms. The number of esters is 1. The molecule has 3 rings (SSSR count). The molecule has 1 saturated heterocycles. The molecule has 6 nitrogen and oxygen atoms in total. The number of rotatable bonds is 4. The van der Waals surface area contributed by atoms with Crippen molar-refractivity contribution in [3.05, 3.63) is 29.8 Å². The zero-order chi connectivity index (χ0) is 17.8. The van der Waals surface area contributed by atoms with Gasteiger partial charge < -0.3 is 15.0 Å². The number of hydrogen-bond donors (Lipinski definition) is 1. The van der Waals surface area contributed by atoms with E-state index in [1.807, 2.05) is 4.90 Å². The van der Waals surface area contributed by atoms with Crippen LogP contribution in [0.4, 0.5) is 5.69 Å². The summed E-state index contributed by atoms with van der Waals surface area (Å²) in [6, 6.07) is 6.85. The van der Waals surface area contributed by atoms with Gasteiger partial charge in [-0.05, 0) is 37.1 Å². The van der Waals surface area contributed by atoms with Crippen LogP contribution in [0.3, 0.4) is 0 Å². The predicted octanol–water partition coefficient (Wildman–Crippen LogP) is 2.59. The lowest BCUT2D eigenvalue weighted by atomic mass is 9.94. The van der Waals surface area contributed by atoms with Crippen LogP contribution in [0.1, 0.15) is 48.9 Å². The molecule has 1 atom stereocenters. The van der Waals surface area contributed by atoms with Crippen LogP contribution in [-0.4, -0.2) is 42.4 Å². The van der Waals surface area contributed by atoms with Crippen molar-refractivity contribution in [1.82, 2.24) is 4.90 Å². The minimum absolute atomic E-state index is 0.0908. The molecule has 2 fully saturated rings. The third-order valence-electron chi connectivity index (χ3n) is 5.12. The molecule has 1 aromatic rings. The molecule has 1 N–H and O–H groups in total. The third-order valence-corrected chi connectivity index (χ3v) is 5.12. The van der Waals surface area contributed by atoms with Gasteiger partial charge in [-0.1, -0.05) is 19.3 Å². The highest BCUT2D eigenvalue weighted by atomic mass is 16.5. The lowest BCUT2D eigenvalue weighted by molar-refractivity contribution is -0.130. The largest absolute Gasteiger partial charge is 0.465 e. The molecule has 2 aliphatic rings. The lowest BCUT2D eigenvalue weighted by Gasteiger charge is -2.31. The third kappa shape index (κ3) is 4.00. The quantitative estimate of drug-likeness (QED) is 0.852. The van der Waals surface area contributed by atoms with Gasteiger partial charge in [-0.25, -0.2) is 4.79 Å². The molecule has 1 saturated carbocycles. The molecular formula is C19H24N2O4. The Balaban J connectivity index is 1.58. The number of carbonyl (C=O) groups is 3. The van der Waals surface area contributed by atoms with Crippen molar-refractivity contribution in [3.8, 4) is 0 Å². The van der Waals surface area contributed by atoms with Gasteiger partial charge >= 0.3 is 5.97 Å². The van der Waals surface area contributed by atoms with E-state index in [1.165, 1.54) is 13.5 Å². The van der Waals surface area contributed by atoms with Crippen LogP contribution in [0.2, 0.25) is 0 Å². The van der Waals surface area contributed by atoms with Crippen molar-refractivity contribution in [2.75, 3.05) is 19.0 Å². The number of methoxy groups -OCH3 is 1. The van der Waals surface area contributed by atoms with Crippen molar-refractivity contribution in [2.45, 2.75) is 44.6 Å². The lowest BCUT2D eigenvalue weighted by Crippen LogP contribution is -2.38. The van der Waals surface area contributed by atoms with E-state index in [1.54, 1.807) is 24.3 Å². The van der Waals surface area contributed by atoms with Crippen molar-refractivity contribution in [1.29, 1.82) is 0 Å². The number of anilines is 1. The summed E-state index contributed by atoms with van der Waals surface area (Å²) in [5.74, 6) is -0.775. The molecule has 0 radical (unpaired) electrons. The number of carbonyl (C=O) groups excluding carboxylic acids is 3. The Kier molecular flexibility index (Phi) is 5.36. The Morgan fingerprint density at radius 3 is 2.44 bits per heavy atom. The maximum absolute atomic E-state index is 12.5. The molecule has 2 amide bonds. The first-order valence-electron chi connectivity index (χ1n) is 8.87. The van der Waals surface area contributed by atoms with E-state index in [2.05, 4.69) is 10.1 Å². The number of nitrogens with zero attached hydrogens (tertiary/aromatic N) is 1. The van der Waals surface area contributed by atoms with E-state index in [0.29, 0.717) is 23.8 Å².